The molecule has 3 rings (SSSR count). The minimum absolute atomic E-state index is 0.223. The molecule has 1 fully saturated rings. The predicted octanol–water partition coefficient (Wildman–Crippen LogP) is 1.96. The molecule has 1 atom stereocenters. The maximum Gasteiger partial charge on any atom is 0.127 e. The smallest absolute Gasteiger partial charge is 0.127 e. The van der Waals surface area contributed by atoms with E-state index in [1.807, 2.05) is 60.7 Å². The lowest BCUT2D eigenvalue weighted by Gasteiger charge is -2.33. The molecule has 1 heterocycles. The zero-order valence-corrected chi connectivity index (χ0v) is 12.2. The van der Waals surface area contributed by atoms with E-state index in [-0.39, 0.29) is 6.04 Å². The maximum absolute atomic E-state index is 11.4. The van der Waals surface area contributed by atoms with Gasteiger partial charge in [0.1, 0.15) is 5.60 Å². The maximum atomic E-state index is 11.4. The van der Waals surface area contributed by atoms with Crippen LogP contribution in [0.5, 0.6) is 0 Å². The van der Waals surface area contributed by atoms with Crippen molar-refractivity contribution in [3.8, 4) is 0 Å². The Morgan fingerprint density at radius 3 is 1.95 bits per heavy atom. The molecule has 1 aliphatic heterocycles. The molecule has 0 radical (unpaired) electrons. The molecule has 2 aromatic rings. The molecule has 0 aliphatic carbocycles. The lowest BCUT2D eigenvalue weighted by Crippen LogP contribution is -2.41. The monoisotopic (exact) mass is 282 g/mol. The van der Waals surface area contributed by atoms with Gasteiger partial charge in [0.15, 0.2) is 0 Å². The van der Waals surface area contributed by atoms with Crippen LogP contribution in [0.2, 0.25) is 0 Å². The van der Waals surface area contributed by atoms with Crippen LogP contribution in [0.15, 0.2) is 60.7 Å². The highest BCUT2D eigenvalue weighted by Gasteiger charge is 2.35. The molecule has 3 heteroatoms. The molecule has 3 N–H and O–H groups in total. The summed E-state index contributed by atoms with van der Waals surface area (Å²) in [5, 5.41) is 11.4. The Kier molecular flexibility index (Phi) is 4.06. The van der Waals surface area contributed by atoms with E-state index in [0.717, 1.165) is 30.6 Å². The van der Waals surface area contributed by atoms with E-state index in [2.05, 4.69) is 4.90 Å². The van der Waals surface area contributed by atoms with Crippen molar-refractivity contribution in [1.82, 2.24) is 4.90 Å². The van der Waals surface area contributed by atoms with Crippen molar-refractivity contribution in [3.05, 3.63) is 71.8 Å². The van der Waals surface area contributed by atoms with Crippen LogP contribution in [0.1, 0.15) is 17.5 Å². The molecule has 0 spiro atoms. The summed E-state index contributed by atoms with van der Waals surface area (Å²) in [5.41, 5.74) is 6.86. The van der Waals surface area contributed by atoms with Gasteiger partial charge >= 0.3 is 0 Å². The highest BCUT2D eigenvalue weighted by molar-refractivity contribution is 5.36. The van der Waals surface area contributed by atoms with E-state index >= 15 is 0 Å². The third-order valence-electron chi connectivity index (χ3n) is 4.26. The summed E-state index contributed by atoms with van der Waals surface area (Å²) in [6, 6.07) is 20.0. The summed E-state index contributed by atoms with van der Waals surface area (Å²) in [6.45, 7) is 2.37. The van der Waals surface area contributed by atoms with Gasteiger partial charge in [-0.1, -0.05) is 60.7 Å². The summed E-state index contributed by atoms with van der Waals surface area (Å²) in [4.78, 5) is 2.25. The molecule has 2 aromatic carbocycles. The van der Waals surface area contributed by atoms with Crippen molar-refractivity contribution >= 4 is 0 Å². The molecule has 3 nitrogen and oxygen atoms in total. The predicted molar refractivity (Wildman–Crippen MR) is 84.9 cm³/mol. The minimum Gasteiger partial charge on any atom is -0.379 e. The van der Waals surface area contributed by atoms with E-state index in [4.69, 9.17) is 5.73 Å². The Morgan fingerprint density at radius 1 is 1.00 bits per heavy atom. The van der Waals surface area contributed by atoms with E-state index in [9.17, 15) is 5.11 Å². The van der Waals surface area contributed by atoms with Gasteiger partial charge in [-0.2, -0.15) is 0 Å². The highest BCUT2D eigenvalue weighted by Crippen LogP contribution is 2.31. The van der Waals surface area contributed by atoms with Crippen LogP contribution in [-0.2, 0) is 5.60 Å². The SMILES string of the molecule is N[C@@H]1CCN(CC(O)(c2ccccc2)c2ccccc2)C1. The van der Waals surface area contributed by atoms with Gasteiger partial charge < -0.3 is 10.8 Å². The van der Waals surface area contributed by atoms with Gasteiger partial charge in [-0.3, -0.25) is 4.90 Å². The summed E-state index contributed by atoms with van der Waals surface area (Å²) < 4.78 is 0. The summed E-state index contributed by atoms with van der Waals surface area (Å²) in [7, 11) is 0. The lowest BCUT2D eigenvalue weighted by molar-refractivity contribution is 0.0430. The van der Waals surface area contributed by atoms with Gasteiger partial charge in [0, 0.05) is 19.1 Å². The number of nitrogens with zero attached hydrogens (tertiary/aromatic N) is 1. The van der Waals surface area contributed by atoms with Gasteiger partial charge in [0.05, 0.1) is 0 Å². The number of nitrogens with two attached hydrogens (primary N) is 1. The first-order valence-electron chi connectivity index (χ1n) is 7.50. The molecular weight excluding hydrogens is 260 g/mol. The summed E-state index contributed by atoms with van der Waals surface area (Å²) in [6.07, 6.45) is 1.000. The molecule has 0 unspecified atom stereocenters. The lowest BCUT2D eigenvalue weighted by atomic mass is 9.86. The molecule has 0 bridgehead atoms. The highest BCUT2D eigenvalue weighted by atomic mass is 16.3. The van der Waals surface area contributed by atoms with Crippen LogP contribution < -0.4 is 5.73 Å². The largest absolute Gasteiger partial charge is 0.379 e. The first kappa shape index (κ1) is 14.3. The Bertz CT molecular complexity index is 531. The van der Waals surface area contributed by atoms with Gasteiger partial charge in [-0.15, -0.1) is 0 Å². The third-order valence-corrected chi connectivity index (χ3v) is 4.26. The van der Waals surface area contributed by atoms with Crippen molar-refractivity contribution in [3.63, 3.8) is 0 Å². The zero-order chi connectivity index (χ0) is 14.7. The first-order chi connectivity index (χ1) is 10.2. The Hall–Kier alpha value is -1.68. The Balaban J connectivity index is 1.95. The van der Waals surface area contributed by atoms with Crippen LogP contribution in [0, 0.1) is 0 Å². The number of aliphatic hydroxyl groups is 1. The van der Waals surface area contributed by atoms with Crippen LogP contribution in [0.4, 0.5) is 0 Å². The number of rotatable bonds is 4. The minimum atomic E-state index is -0.993. The van der Waals surface area contributed by atoms with Gasteiger partial charge in [-0.05, 0) is 24.1 Å². The number of hydrogen-bond acceptors (Lipinski definition) is 3. The molecule has 21 heavy (non-hydrogen) atoms. The fourth-order valence-electron chi connectivity index (χ4n) is 3.11. The molecule has 1 saturated heterocycles. The molecule has 1 aliphatic rings. The summed E-state index contributed by atoms with van der Waals surface area (Å²) in [5.74, 6) is 0. The first-order valence-corrected chi connectivity index (χ1v) is 7.50. The second-order valence-electron chi connectivity index (χ2n) is 5.88. The second kappa shape index (κ2) is 5.98. The van der Waals surface area contributed by atoms with Crippen LogP contribution in [0.25, 0.3) is 0 Å². The zero-order valence-electron chi connectivity index (χ0n) is 12.2. The number of benzene rings is 2. The molecular formula is C18H22N2O. The van der Waals surface area contributed by atoms with Gasteiger partial charge in [0.2, 0.25) is 0 Å². The van der Waals surface area contributed by atoms with E-state index in [1.165, 1.54) is 0 Å². The Morgan fingerprint density at radius 2 is 1.52 bits per heavy atom. The van der Waals surface area contributed by atoms with Crippen LogP contribution in [-0.4, -0.2) is 35.7 Å². The van der Waals surface area contributed by atoms with Crippen LogP contribution in [0.3, 0.4) is 0 Å². The van der Waals surface area contributed by atoms with Crippen molar-refractivity contribution in [2.75, 3.05) is 19.6 Å². The van der Waals surface area contributed by atoms with E-state index in [0.29, 0.717) is 6.54 Å². The van der Waals surface area contributed by atoms with Crippen LogP contribution >= 0.6 is 0 Å². The molecule has 110 valence electrons. The third kappa shape index (κ3) is 3.00. The van der Waals surface area contributed by atoms with Crippen molar-refractivity contribution in [1.29, 1.82) is 0 Å². The number of likely N-dealkylation sites (tertiary alicyclic amines) is 1. The average Bonchev–Trinajstić information content (AvgIpc) is 2.94. The van der Waals surface area contributed by atoms with Crippen molar-refractivity contribution < 1.29 is 5.11 Å². The summed E-state index contributed by atoms with van der Waals surface area (Å²) >= 11 is 0. The standard InChI is InChI=1S/C18H22N2O/c19-17-11-12-20(13-17)14-18(21,15-7-3-1-4-8-15)16-9-5-2-6-10-16/h1-10,17,21H,11-14,19H2/t17-/m1/s1. The number of β-amino-alcohol motifs (C(OH)–C–C–N with tert-alkyl or cyclic N) is 1. The van der Waals surface area contributed by atoms with Crippen molar-refractivity contribution in [2.24, 2.45) is 5.73 Å². The molecule has 0 saturated carbocycles. The quantitative estimate of drug-likeness (QED) is 0.901. The van der Waals surface area contributed by atoms with E-state index in [1.54, 1.807) is 0 Å². The normalized spacial score (nSPS) is 19.8. The van der Waals surface area contributed by atoms with Gasteiger partial charge in [0.25, 0.3) is 0 Å². The molecule has 0 aromatic heterocycles. The number of hydrogen-bond donors (Lipinski definition) is 2. The Labute approximate surface area is 126 Å². The topological polar surface area (TPSA) is 49.5 Å². The fourth-order valence-corrected chi connectivity index (χ4v) is 3.11. The molecule has 0 amide bonds. The fraction of sp³-hybridized carbons (Fsp3) is 0.333. The average molecular weight is 282 g/mol. The van der Waals surface area contributed by atoms with Crippen molar-refractivity contribution in [2.45, 2.75) is 18.1 Å². The second-order valence-corrected chi connectivity index (χ2v) is 5.88. The van der Waals surface area contributed by atoms with Gasteiger partial charge in [-0.25, -0.2) is 0 Å². The van der Waals surface area contributed by atoms with E-state index < -0.39 is 5.60 Å².